The van der Waals surface area contributed by atoms with E-state index in [-0.39, 0.29) is 5.97 Å². The van der Waals surface area contributed by atoms with Crippen LogP contribution in [0.1, 0.15) is 24.2 Å². The fraction of sp³-hybridized carbons (Fsp3) is 0.235. The summed E-state index contributed by atoms with van der Waals surface area (Å²) in [6.45, 7) is 4.36. The Morgan fingerprint density at radius 2 is 1.54 bits per heavy atom. The minimum Gasteiger partial charge on any atom is -0.462 e. The summed E-state index contributed by atoms with van der Waals surface area (Å²) in [5.74, 6) is -2.53. The number of rotatable bonds is 7. The fourth-order valence-corrected chi connectivity index (χ4v) is 3.87. The largest absolute Gasteiger partial charge is 0.462 e. The third-order valence-electron chi connectivity index (χ3n) is 3.08. The normalized spacial score (nSPS) is 13.1. The maximum atomic E-state index is 11.7. The standard InChI is InChI=1S/C17H18ClO4PS/c1-3-20-17(19)15-7-5-13(6-8-15)14-9-11-16(12-10-14)22-23(18,24)21-4-2/h5-12H,3-4H2,1-2H3. The summed E-state index contributed by atoms with van der Waals surface area (Å²) in [5.41, 5.74) is 2.49. The third-order valence-corrected chi connectivity index (χ3v) is 5.12. The van der Waals surface area contributed by atoms with Gasteiger partial charge in [0.2, 0.25) is 0 Å². The molecule has 0 N–H and O–H groups in total. The molecule has 1 atom stereocenters. The Balaban J connectivity index is 2.10. The average molecular weight is 385 g/mol. The number of hydrogen-bond acceptors (Lipinski definition) is 5. The van der Waals surface area contributed by atoms with E-state index in [2.05, 4.69) is 0 Å². The van der Waals surface area contributed by atoms with Crippen LogP contribution in [-0.2, 0) is 21.1 Å². The zero-order valence-corrected chi connectivity index (χ0v) is 15.9. The van der Waals surface area contributed by atoms with E-state index in [0.717, 1.165) is 11.1 Å². The van der Waals surface area contributed by atoms with Gasteiger partial charge in [0.25, 0.3) is 0 Å². The van der Waals surface area contributed by atoms with Gasteiger partial charge in [0.15, 0.2) is 0 Å². The molecule has 0 radical (unpaired) electrons. The van der Waals surface area contributed by atoms with Gasteiger partial charge in [0.1, 0.15) is 5.75 Å². The van der Waals surface area contributed by atoms with Gasteiger partial charge < -0.3 is 13.8 Å². The molecule has 0 spiro atoms. The molecule has 0 bridgehead atoms. The van der Waals surface area contributed by atoms with Crippen molar-refractivity contribution in [1.82, 2.24) is 0 Å². The predicted octanol–water partition coefficient (Wildman–Crippen LogP) is 5.41. The van der Waals surface area contributed by atoms with E-state index in [0.29, 0.717) is 24.5 Å². The summed E-state index contributed by atoms with van der Waals surface area (Å²) in [6, 6.07) is 14.6. The Morgan fingerprint density at radius 3 is 2.04 bits per heavy atom. The van der Waals surface area contributed by atoms with Crippen molar-refractivity contribution in [3.63, 3.8) is 0 Å². The molecular weight excluding hydrogens is 367 g/mol. The molecular formula is C17H18ClO4PS. The van der Waals surface area contributed by atoms with Gasteiger partial charge >= 0.3 is 11.8 Å². The van der Waals surface area contributed by atoms with E-state index in [1.165, 1.54) is 0 Å². The monoisotopic (exact) mass is 384 g/mol. The Labute approximate surface area is 151 Å². The van der Waals surface area contributed by atoms with Crippen LogP contribution in [-0.4, -0.2) is 19.2 Å². The molecule has 4 nitrogen and oxygen atoms in total. The number of ether oxygens (including phenoxy) is 1. The van der Waals surface area contributed by atoms with E-state index >= 15 is 0 Å². The second-order valence-corrected chi connectivity index (χ2v) is 9.44. The van der Waals surface area contributed by atoms with Crippen LogP contribution in [0.4, 0.5) is 0 Å². The molecule has 0 aliphatic heterocycles. The first-order valence-corrected chi connectivity index (χ1v) is 11.0. The molecule has 0 aliphatic rings. The molecule has 7 heteroatoms. The summed E-state index contributed by atoms with van der Waals surface area (Å²) in [4.78, 5) is 11.7. The van der Waals surface area contributed by atoms with E-state index in [1.807, 2.05) is 31.2 Å². The molecule has 0 amide bonds. The maximum Gasteiger partial charge on any atom is 0.338 e. The van der Waals surface area contributed by atoms with Crippen molar-refractivity contribution in [3.05, 3.63) is 54.1 Å². The lowest BCUT2D eigenvalue weighted by Gasteiger charge is -2.15. The van der Waals surface area contributed by atoms with Crippen LogP contribution >= 0.6 is 17.1 Å². The van der Waals surface area contributed by atoms with Crippen LogP contribution < -0.4 is 4.52 Å². The molecule has 0 saturated carbocycles. The summed E-state index contributed by atoms with van der Waals surface area (Å²) in [7, 11) is 0. The smallest absolute Gasteiger partial charge is 0.338 e. The first kappa shape index (κ1) is 18.9. The van der Waals surface area contributed by atoms with E-state index in [4.69, 9.17) is 36.8 Å². The molecule has 1 unspecified atom stereocenters. The topological polar surface area (TPSA) is 44.8 Å². The van der Waals surface area contributed by atoms with Crippen LogP contribution in [0.2, 0.25) is 0 Å². The van der Waals surface area contributed by atoms with E-state index in [9.17, 15) is 4.79 Å². The van der Waals surface area contributed by atoms with Gasteiger partial charge in [0.05, 0.1) is 18.8 Å². The molecule has 2 rings (SSSR count). The molecule has 0 heterocycles. The van der Waals surface area contributed by atoms with Crippen molar-refractivity contribution in [3.8, 4) is 16.9 Å². The second-order valence-electron chi connectivity index (χ2n) is 4.76. The number of carbonyl (C=O) groups excluding carboxylic acids is 1. The zero-order chi connectivity index (χ0) is 17.6. The Morgan fingerprint density at radius 1 is 1.00 bits per heavy atom. The van der Waals surface area contributed by atoms with Gasteiger partial charge in [-0.25, -0.2) is 4.79 Å². The van der Waals surface area contributed by atoms with Crippen LogP contribution in [0.3, 0.4) is 0 Å². The van der Waals surface area contributed by atoms with Gasteiger partial charge in [0, 0.05) is 0 Å². The highest BCUT2D eigenvalue weighted by molar-refractivity contribution is 8.22. The van der Waals surface area contributed by atoms with Gasteiger partial charge in [-0.05, 0) is 72.3 Å². The number of hydrogen-bond donors (Lipinski definition) is 0. The molecule has 24 heavy (non-hydrogen) atoms. The van der Waals surface area contributed by atoms with Crippen LogP contribution in [0.25, 0.3) is 11.1 Å². The first-order chi connectivity index (χ1) is 11.4. The number of halogens is 1. The maximum absolute atomic E-state index is 11.7. The molecule has 0 aromatic heterocycles. The summed E-state index contributed by atoms with van der Waals surface area (Å²) >= 11 is 11.1. The van der Waals surface area contributed by atoms with Crippen molar-refractivity contribution < 1.29 is 18.6 Å². The second kappa shape index (κ2) is 8.63. The lowest BCUT2D eigenvalue weighted by Crippen LogP contribution is -2.03. The third kappa shape index (κ3) is 5.32. The average Bonchev–Trinajstić information content (AvgIpc) is 2.55. The minimum absolute atomic E-state index is 0.323. The lowest BCUT2D eigenvalue weighted by atomic mass is 10.0. The molecule has 2 aromatic rings. The van der Waals surface area contributed by atoms with Crippen molar-refractivity contribution in [2.45, 2.75) is 13.8 Å². The van der Waals surface area contributed by atoms with Gasteiger partial charge in [-0.2, -0.15) is 0 Å². The first-order valence-electron chi connectivity index (χ1n) is 7.46. The minimum atomic E-state index is -2.77. The Bertz CT molecular complexity index is 731. The highest BCUT2D eigenvalue weighted by atomic mass is 35.7. The van der Waals surface area contributed by atoms with Gasteiger partial charge in [-0.1, -0.05) is 24.3 Å². The molecule has 0 fully saturated rings. The van der Waals surface area contributed by atoms with Crippen molar-refractivity contribution >= 4 is 34.9 Å². The van der Waals surface area contributed by atoms with Crippen molar-refractivity contribution in [1.29, 1.82) is 0 Å². The van der Waals surface area contributed by atoms with Crippen LogP contribution in [0.15, 0.2) is 48.5 Å². The Hall–Kier alpha value is -1.39. The van der Waals surface area contributed by atoms with Gasteiger partial charge in [-0.3, -0.25) is 0 Å². The fourth-order valence-electron chi connectivity index (χ4n) is 2.03. The molecule has 0 saturated heterocycles. The number of benzene rings is 2. The number of carbonyl (C=O) groups is 1. The summed E-state index contributed by atoms with van der Waals surface area (Å²) < 4.78 is 15.7. The highest BCUT2D eigenvalue weighted by Gasteiger charge is 2.15. The molecule has 2 aromatic carbocycles. The van der Waals surface area contributed by atoms with Gasteiger partial charge in [-0.15, -0.1) is 0 Å². The lowest BCUT2D eigenvalue weighted by molar-refractivity contribution is 0.0526. The quantitative estimate of drug-likeness (QED) is 0.472. The molecule has 128 valence electrons. The van der Waals surface area contributed by atoms with E-state index < -0.39 is 5.84 Å². The van der Waals surface area contributed by atoms with Crippen molar-refractivity contribution in [2.75, 3.05) is 13.2 Å². The van der Waals surface area contributed by atoms with Crippen molar-refractivity contribution in [2.24, 2.45) is 0 Å². The SMILES string of the molecule is CCOC(=O)c1ccc(-c2ccc(OP(=S)(Cl)OCC)cc2)cc1. The molecule has 0 aliphatic carbocycles. The van der Waals surface area contributed by atoms with Crippen LogP contribution in [0, 0.1) is 0 Å². The zero-order valence-electron chi connectivity index (χ0n) is 13.4. The Kier molecular flexibility index (Phi) is 6.81. The summed E-state index contributed by atoms with van der Waals surface area (Å²) in [6.07, 6.45) is 0. The van der Waals surface area contributed by atoms with Crippen LogP contribution in [0.5, 0.6) is 5.75 Å². The number of esters is 1. The van der Waals surface area contributed by atoms with E-state index in [1.54, 1.807) is 31.2 Å². The summed E-state index contributed by atoms with van der Waals surface area (Å²) in [5, 5.41) is 0. The highest BCUT2D eigenvalue weighted by Crippen LogP contribution is 2.53. The predicted molar refractivity (Wildman–Crippen MR) is 100 cm³/mol.